The molecule has 0 aromatic heterocycles. The van der Waals surface area contributed by atoms with Crippen LogP contribution in [0.4, 0.5) is 0 Å². The summed E-state index contributed by atoms with van der Waals surface area (Å²) in [5.74, 6) is 1.67. The van der Waals surface area contributed by atoms with Crippen molar-refractivity contribution in [3.8, 4) is 0 Å². The molecule has 112 valence electrons. The Morgan fingerprint density at radius 2 is 1.89 bits per heavy atom. The minimum absolute atomic E-state index is 0.429. The SMILES string of the molecule is CNCC1(CN2CC(C)CC(C)C2C)CCOCC1. The van der Waals surface area contributed by atoms with Crippen LogP contribution >= 0.6 is 0 Å². The van der Waals surface area contributed by atoms with E-state index < -0.39 is 0 Å². The summed E-state index contributed by atoms with van der Waals surface area (Å²) >= 11 is 0. The van der Waals surface area contributed by atoms with E-state index in [-0.39, 0.29) is 0 Å². The van der Waals surface area contributed by atoms with E-state index in [9.17, 15) is 0 Å². The first-order valence-corrected chi connectivity index (χ1v) is 8.03. The highest BCUT2D eigenvalue weighted by atomic mass is 16.5. The van der Waals surface area contributed by atoms with Crippen LogP contribution < -0.4 is 5.32 Å². The summed E-state index contributed by atoms with van der Waals surface area (Å²) in [7, 11) is 2.09. The number of hydrogen-bond acceptors (Lipinski definition) is 3. The van der Waals surface area contributed by atoms with E-state index in [0.717, 1.165) is 37.6 Å². The monoisotopic (exact) mass is 268 g/mol. The molecule has 3 nitrogen and oxygen atoms in total. The number of likely N-dealkylation sites (tertiary alicyclic amines) is 1. The Morgan fingerprint density at radius 3 is 2.53 bits per heavy atom. The van der Waals surface area contributed by atoms with E-state index in [0.29, 0.717) is 5.41 Å². The average molecular weight is 268 g/mol. The first-order valence-electron chi connectivity index (χ1n) is 8.03. The minimum atomic E-state index is 0.429. The van der Waals surface area contributed by atoms with Crippen LogP contribution in [0, 0.1) is 17.3 Å². The summed E-state index contributed by atoms with van der Waals surface area (Å²) in [5, 5.41) is 3.42. The molecule has 0 amide bonds. The third kappa shape index (κ3) is 3.71. The molecule has 0 aliphatic carbocycles. The molecular weight excluding hydrogens is 236 g/mol. The zero-order chi connectivity index (χ0) is 13.9. The van der Waals surface area contributed by atoms with Gasteiger partial charge in [0, 0.05) is 38.9 Å². The summed E-state index contributed by atoms with van der Waals surface area (Å²) in [5.41, 5.74) is 0.429. The van der Waals surface area contributed by atoms with Gasteiger partial charge in [0.05, 0.1) is 0 Å². The Balaban J connectivity index is 2.02. The largest absolute Gasteiger partial charge is 0.381 e. The van der Waals surface area contributed by atoms with Gasteiger partial charge in [-0.2, -0.15) is 0 Å². The highest BCUT2D eigenvalue weighted by Gasteiger charge is 2.38. The second-order valence-corrected chi connectivity index (χ2v) is 7.13. The van der Waals surface area contributed by atoms with Crippen molar-refractivity contribution in [1.82, 2.24) is 10.2 Å². The smallest absolute Gasteiger partial charge is 0.0472 e. The van der Waals surface area contributed by atoms with Gasteiger partial charge in [0.15, 0.2) is 0 Å². The maximum absolute atomic E-state index is 5.58. The Labute approximate surface area is 119 Å². The quantitative estimate of drug-likeness (QED) is 0.847. The molecule has 0 aromatic rings. The topological polar surface area (TPSA) is 24.5 Å². The summed E-state index contributed by atoms with van der Waals surface area (Å²) in [6.07, 6.45) is 3.81. The van der Waals surface area contributed by atoms with E-state index in [4.69, 9.17) is 4.74 Å². The van der Waals surface area contributed by atoms with E-state index in [1.807, 2.05) is 0 Å². The molecule has 2 fully saturated rings. The van der Waals surface area contributed by atoms with Crippen molar-refractivity contribution in [2.45, 2.75) is 46.1 Å². The van der Waals surface area contributed by atoms with Crippen molar-refractivity contribution in [1.29, 1.82) is 0 Å². The molecule has 0 aromatic carbocycles. The number of hydrogen-bond donors (Lipinski definition) is 1. The Hall–Kier alpha value is -0.120. The molecule has 2 aliphatic rings. The van der Waals surface area contributed by atoms with Gasteiger partial charge in [-0.15, -0.1) is 0 Å². The minimum Gasteiger partial charge on any atom is -0.381 e. The molecule has 3 heteroatoms. The molecule has 3 atom stereocenters. The summed E-state index contributed by atoms with van der Waals surface area (Å²) < 4.78 is 5.58. The van der Waals surface area contributed by atoms with Crippen LogP contribution in [0.15, 0.2) is 0 Å². The number of ether oxygens (including phenoxy) is 1. The van der Waals surface area contributed by atoms with E-state index in [1.165, 1.54) is 32.4 Å². The Bertz CT molecular complexity index is 270. The van der Waals surface area contributed by atoms with Crippen molar-refractivity contribution in [3.63, 3.8) is 0 Å². The average Bonchev–Trinajstić information content (AvgIpc) is 2.37. The fourth-order valence-corrected chi connectivity index (χ4v) is 4.04. The van der Waals surface area contributed by atoms with Crippen LogP contribution in [-0.4, -0.2) is 50.8 Å². The highest BCUT2D eigenvalue weighted by molar-refractivity contribution is 4.91. The molecule has 0 saturated carbocycles. The third-order valence-corrected chi connectivity index (χ3v) is 5.36. The second kappa shape index (κ2) is 6.55. The van der Waals surface area contributed by atoms with Crippen LogP contribution in [0.2, 0.25) is 0 Å². The van der Waals surface area contributed by atoms with Crippen LogP contribution in [0.5, 0.6) is 0 Å². The molecule has 0 radical (unpaired) electrons. The van der Waals surface area contributed by atoms with Gasteiger partial charge in [0.2, 0.25) is 0 Å². The lowest BCUT2D eigenvalue weighted by Crippen LogP contribution is -2.53. The third-order valence-electron chi connectivity index (χ3n) is 5.36. The van der Waals surface area contributed by atoms with Gasteiger partial charge >= 0.3 is 0 Å². The van der Waals surface area contributed by atoms with Crippen LogP contribution in [-0.2, 0) is 4.74 Å². The molecule has 0 bridgehead atoms. The molecule has 2 aliphatic heterocycles. The van der Waals surface area contributed by atoms with Crippen LogP contribution in [0.25, 0.3) is 0 Å². The van der Waals surface area contributed by atoms with E-state index in [2.05, 4.69) is 38.0 Å². The van der Waals surface area contributed by atoms with Crippen molar-refractivity contribution in [3.05, 3.63) is 0 Å². The molecule has 19 heavy (non-hydrogen) atoms. The molecule has 3 unspecified atom stereocenters. The first-order chi connectivity index (χ1) is 9.06. The summed E-state index contributed by atoms with van der Waals surface area (Å²) in [4.78, 5) is 2.75. The van der Waals surface area contributed by atoms with Crippen LogP contribution in [0.3, 0.4) is 0 Å². The maximum Gasteiger partial charge on any atom is 0.0472 e. The molecule has 2 saturated heterocycles. The second-order valence-electron chi connectivity index (χ2n) is 7.13. The Morgan fingerprint density at radius 1 is 1.21 bits per heavy atom. The lowest BCUT2D eigenvalue weighted by atomic mass is 9.77. The van der Waals surface area contributed by atoms with Gasteiger partial charge < -0.3 is 10.1 Å². The van der Waals surface area contributed by atoms with Gasteiger partial charge in [0.25, 0.3) is 0 Å². The molecular formula is C16H32N2O. The van der Waals surface area contributed by atoms with E-state index >= 15 is 0 Å². The van der Waals surface area contributed by atoms with Crippen LogP contribution in [0.1, 0.15) is 40.0 Å². The first kappa shape index (κ1) is 15.3. The van der Waals surface area contributed by atoms with Crippen molar-refractivity contribution in [2.75, 3.05) is 39.9 Å². The number of piperidine rings is 1. The summed E-state index contributed by atoms with van der Waals surface area (Å²) in [6, 6.07) is 0.729. The molecule has 1 N–H and O–H groups in total. The fraction of sp³-hybridized carbons (Fsp3) is 1.00. The van der Waals surface area contributed by atoms with Gasteiger partial charge in [-0.1, -0.05) is 13.8 Å². The number of nitrogens with zero attached hydrogens (tertiary/aromatic N) is 1. The van der Waals surface area contributed by atoms with Crippen molar-refractivity contribution < 1.29 is 4.74 Å². The summed E-state index contributed by atoms with van der Waals surface area (Å²) in [6.45, 7) is 12.8. The highest BCUT2D eigenvalue weighted by Crippen LogP contribution is 2.35. The van der Waals surface area contributed by atoms with Gasteiger partial charge in [-0.3, -0.25) is 4.90 Å². The number of nitrogens with one attached hydrogen (secondary N) is 1. The maximum atomic E-state index is 5.58. The van der Waals surface area contributed by atoms with Gasteiger partial charge in [0.1, 0.15) is 0 Å². The lowest BCUT2D eigenvalue weighted by molar-refractivity contribution is -0.0280. The molecule has 2 rings (SSSR count). The number of rotatable bonds is 4. The fourth-order valence-electron chi connectivity index (χ4n) is 4.04. The van der Waals surface area contributed by atoms with Gasteiger partial charge in [-0.05, 0) is 50.5 Å². The normalized spacial score (nSPS) is 36.3. The molecule has 0 spiro atoms. The standard InChI is InChI=1S/C16H32N2O/c1-13-9-14(2)15(3)18(10-13)12-16(11-17-4)5-7-19-8-6-16/h13-15,17H,5-12H2,1-4H3. The predicted octanol–water partition coefficient (Wildman–Crippen LogP) is 2.37. The predicted molar refractivity (Wildman–Crippen MR) is 80.4 cm³/mol. The lowest BCUT2D eigenvalue weighted by Gasteiger charge is -2.47. The van der Waals surface area contributed by atoms with E-state index in [1.54, 1.807) is 0 Å². The zero-order valence-corrected chi connectivity index (χ0v) is 13.2. The molecule has 2 heterocycles. The Kier molecular flexibility index (Phi) is 5.27. The van der Waals surface area contributed by atoms with Crippen molar-refractivity contribution >= 4 is 0 Å². The van der Waals surface area contributed by atoms with Gasteiger partial charge in [-0.25, -0.2) is 0 Å². The zero-order valence-electron chi connectivity index (χ0n) is 13.2. The van der Waals surface area contributed by atoms with Crippen molar-refractivity contribution in [2.24, 2.45) is 17.3 Å².